The van der Waals surface area contributed by atoms with Crippen molar-refractivity contribution >= 4 is 33.7 Å². The first-order valence-corrected chi connectivity index (χ1v) is 12.2. The number of nitrogens with one attached hydrogen (secondary N) is 1. The van der Waals surface area contributed by atoms with E-state index in [9.17, 15) is 13.5 Å². The van der Waals surface area contributed by atoms with Crippen LogP contribution >= 0.6 is 0 Å². The standard InChI is InChI=1S/C26H26N2O4S/c1-4-18-5-12-22(13-6-18)33(30,31)28-21-10-8-20(9-11-21)27-17-19-7-14-24-23(25(19)29)15-16-26(2,3)32-24/h5-17,28-29H,4H2,1-3H3. The van der Waals surface area contributed by atoms with E-state index in [-0.39, 0.29) is 10.6 Å². The Morgan fingerprint density at radius 1 is 1.03 bits per heavy atom. The molecule has 33 heavy (non-hydrogen) atoms. The van der Waals surface area contributed by atoms with Crippen molar-refractivity contribution in [2.45, 2.75) is 37.7 Å². The van der Waals surface area contributed by atoms with Gasteiger partial charge in [0, 0.05) is 17.5 Å². The maximum Gasteiger partial charge on any atom is 0.261 e. The van der Waals surface area contributed by atoms with Gasteiger partial charge in [0.1, 0.15) is 17.1 Å². The van der Waals surface area contributed by atoms with Gasteiger partial charge in [-0.05, 0) is 86.5 Å². The Morgan fingerprint density at radius 3 is 2.39 bits per heavy atom. The topological polar surface area (TPSA) is 88.0 Å². The Labute approximate surface area is 194 Å². The number of anilines is 1. The minimum absolute atomic E-state index is 0.0986. The van der Waals surface area contributed by atoms with Crippen LogP contribution in [-0.2, 0) is 16.4 Å². The van der Waals surface area contributed by atoms with Gasteiger partial charge in [-0.1, -0.05) is 19.1 Å². The molecule has 1 aliphatic heterocycles. The molecule has 0 saturated carbocycles. The van der Waals surface area contributed by atoms with Gasteiger partial charge in [0.25, 0.3) is 10.0 Å². The van der Waals surface area contributed by atoms with Crippen LogP contribution < -0.4 is 9.46 Å². The van der Waals surface area contributed by atoms with Gasteiger partial charge in [-0.25, -0.2) is 8.42 Å². The maximum atomic E-state index is 12.6. The van der Waals surface area contributed by atoms with Crippen molar-refractivity contribution < 1.29 is 18.3 Å². The van der Waals surface area contributed by atoms with E-state index in [1.165, 1.54) is 0 Å². The Bertz CT molecular complexity index is 1320. The predicted molar refractivity (Wildman–Crippen MR) is 132 cm³/mol. The van der Waals surface area contributed by atoms with Crippen molar-refractivity contribution in [3.63, 3.8) is 0 Å². The van der Waals surface area contributed by atoms with Crippen molar-refractivity contribution in [1.29, 1.82) is 0 Å². The molecule has 6 nitrogen and oxygen atoms in total. The smallest absolute Gasteiger partial charge is 0.261 e. The summed E-state index contributed by atoms with van der Waals surface area (Å²) >= 11 is 0. The second-order valence-electron chi connectivity index (χ2n) is 8.36. The molecule has 3 aromatic carbocycles. The number of aliphatic imine (C=N–C) groups is 1. The van der Waals surface area contributed by atoms with Gasteiger partial charge < -0.3 is 9.84 Å². The first-order valence-electron chi connectivity index (χ1n) is 10.7. The number of aryl methyl sites for hydroxylation is 1. The third-order valence-electron chi connectivity index (χ3n) is 5.35. The van der Waals surface area contributed by atoms with Crippen molar-refractivity contribution in [3.05, 3.63) is 83.4 Å². The van der Waals surface area contributed by atoms with Crippen LogP contribution in [0, 0.1) is 0 Å². The summed E-state index contributed by atoms with van der Waals surface area (Å²) < 4.78 is 33.7. The first kappa shape index (κ1) is 22.6. The van der Waals surface area contributed by atoms with E-state index in [0.29, 0.717) is 28.3 Å². The number of aromatic hydroxyl groups is 1. The summed E-state index contributed by atoms with van der Waals surface area (Å²) in [7, 11) is -3.67. The summed E-state index contributed by atoms with van der Waals surface area (Å²) in [5, 5.41) is 10.6. The van der Waals surface area contributed by atoms with Gasteiger partial charge in [0.05, 0.1) is 16.1 Å². The molecular formula is C26H26N2O4S. The monoisotopic (exact) mass is 462 g/mol. The van der Waals surface area contributed by atoms with Crippen LogP contribution in [0.2, 0.25) is 0 Å². The fraction of sp³-hybridized carbons (Fsp3) is 0.192. The predicted octanol–water partition coefficient (Wildman–Crippen LogP) is 5.69. The molecule has 0 spiro atoms. The van der Waals surface area contributed by atoms with Crippen molar-refractivity contribution in [3.8, 4) is 11.5 Å². The SMILES string of the molecule is CCc1ccc(S(=O)(=O)Nc2ccc(N=Cc3ccc4c(c3O)C=CC(C)(C)O4)cc2)cc1. The van der Waals surface area contributed by atoms with E-state index in [1.807, 2.05) is 51.1 Å². The second kappa shape index (κ2) is 8.75. The van der Waals surface area contributed by atoms with E-state index >= 15 is 0 Å². The molecule has 0 aromatic heterocycles. The summed E-state index contributed by atoms with van der Waals surface area (Å²) in [5.74, 6) is 0.722. The number of hydrogen-bond acceptors (Lipinski definition) is 5. The second-order valence-corrected chi connectivity index (χ2v) is 10.0. The van der Waals surface area contributed by atoms with Crippen LogP contribution in [0.25, 0.3) is 6.08 Å². The van der Waals surface area contributed by atoms with Crippen molar-refractivity contribution in [2.75, 3.05) is 4.72 Å². The zero-order valence-electron chi connectivity index (χ0n) is 18.7. The van der Waals surface area contributed by atoms with Crippen molar-refractivity contribution in [2.24, 2.45) is 4.99 Å². The number of rotatable bonds is 6. The fourth-order valence-electron chi connectivity index (χ4n) is 3.44. The van der Waals surface area contributed by atoms with Gasteiger partial charge in [-0.15, -0.1) is 0 Å². The van der Waals surface area contributed by atoms with Crippen LogP contribution in [0.15, 0.2) is 76.6 Å². The first-order chi connectivity index (χ1) is 15.7. The molecule has 1 aliphatic rings. The molecule has 0 fully saturated rings. The van der Waals surface area contributed by atoms with E-state index in [2.05, 4.69) is 9.71 Å². The van der Waals surface area contributed by atoms with E-state index < -0.39 is 15.6 Å². The average Bonchev–Trinajstić information content (AvgIpc) is 2.79. The summed E-state index contributed by atoms with van der Waals surface area (Å²) in [5.41, 5.74) is 2.90. The molecule has 170 valence electrons. The average molecular weight is 463 g/mol. The summed E-state index contributed by atoms with van der Waals surface area (Å²) in [6.07, 6.45) is 6.16. The van der Waals surface area contributed by atoms with Gasteiger partial charge >= 0.3 is 0 Å². The van der Waals surface area contributed by atoms with E-state index in [0.717, 1.165) is 12.0 Å². The van der Waals surface area contributed by atoms with Crippen LogP contribution in [0.5, 0.6) is 11.5 Å². The normalized spacial score (nSPS) is 14.6. The highest BCUT2D eigenvalue weighted by Crippen LogP contribution is 2.38. The lowest BCUT2D eigenvalue weighted by molar-refractivity contribution is 0.158. The van der Waals surface area contributed by atoms with Crippen LogP contribution in [0.4, 0.5) is 11.4 Å². The Kier molecular flexibility index (Phi) is 5.99. The Balaban J connectivity index is 1.48. The maximum absolute atomic E-state index is 12.6. The molecule has 0 radical (unpaired) electrons. The number of fused-ring (bicyclic) bond motifs is 1. The largest absolute Gasteiger partial charge is 0.506 e. The summed E-state index contributed by atoms with van der Waals surface area (Å²) in [6.45, 7) is 5.92. The molecule has 2 N–H and O–H groups in total. The lowest BCUT2D eigenvalue weighted by Crippen LogP contribution is -2.27. The lowest BCUT2D eigenvalue weighted by atomic mass is 10.00. The number of ether oxygens (including phenoxy) is 1. The molecule has 4 rings (SSSR count). The molecule has 7 heteroatoms. The zero-order chi connectivity index (χ0) is 23.6. The molecule has 0 atom stereocenters. The van der Waals surface area contributed by atoms with E-state index in [1.54, 1.807) is 48.7 Å². The molecule has 1 heterocycles. The number of nitrogens with zero attached hydrogens (tertiary/aromatic N) is 1. The molecule has 0 amide bonds. The molecule has 0 aliphatic carbocycles. The number of hydrogen-bond donors (Lipinski definition) is 2. The van der Waals surface area contributed by atoms with Crippen molar-refractivity contribution in [1.82, 2.24) is 0 Å². The third kappa shape index (κ3) is 5.09. The van der Waals surface area contributed by atoms with Gasteiger partial charge in [-0.3, -0.25) is 9.71 Å². The van der Waals surface area contributed by atoms with E-state index in [4.69, 9.17) is 4.74 Å². The lowest BCUT2D eigenvalue weighted by Gasteiger charge is -2.28. The number of benzene rings is 3. The molecule has 0 saturated heterocycles. The minimum atomic E-state index is -3.67. The molecule has 0 unspecified atom stereocenters. The molecule has 0 bridgehead atoms. The Morgan fingerprint density at radius 2 is 1.73 bits per heavy atom. The van der Waals surface area contributed by atoms with Crippen LogP contribution in [0.1, 0.15) is 37.5 Å². The third-order valence-corrected chi connectivity index (χ3v) is 6.74. The molecule has 3 aromatic rings. The zero-order valence-corrected chi connectivity index (χ0v) is 19.6. The Hall–Kier alpha value is -3.58. The van der Waals surface area contributed by atoms with Crippen LogP contribution in [0.3, 0.4) is 0 Å². The highest BCUT2D eigenvalue weighted by atomic mass is 32.2. The fourth-order valence-corrected chi connectivity index (χ4v) is 4.50. The highest BCUT2D eigenvalue weighted by molar-refractivity contribution is 7.92. The van der Waals surface area contributed by atoms with Crippen LogP contribution in [-0.4, -0.2) is 25.3 Å². The number of phenolic OH excluding ortho intramolecular Hbond substituents is 1. The van der Waals surface area contributed by atoms with Gasteiger partial charge in [-0.2, -0.15) is 0 Å². The summed E-state index contributed by atoms with van der Waals surface area (Å²) in [4.78, 5) is 4.62. The summed E-state index contributed by atoms with van der Waals surface area (Å²) in [6, 6.07) is 17.1. The highest BCUT2D eigenvalue weighted by Gasteiger charge is 2.24. The quantitative estimate of drug-likeness (QED) is 0.461. The molecular weight excluding hydrogens is 436 g/mol. The number of phenols is 1. The minimum Gasteiger partial charge on any atom is -0.506 e. The van der Waals surface area contributed by atoms with Gasteiger partial charge in [0.15, 0.2) is 0 Å². The number of sulfonamides is 1. The van der Waals surface area contributed by atoms with Gasteiger partial charge in [0.2, 0.25) is 0 Å².